The third-order valence-corrected chi connectivity index (χ3v) is 9.39. The summed E-state index contributed by atoms with van der Waals surface area (Å²) in [6.07, 6.45) is 0. The first-order valence-electron chi connectivity index (χ1n) is 12.8. The molecule has 0 aliphatic heterocycles. The normalized spacial score (nSPS) is 13.6. The molecule has 0 unspecified atom stereocenters. The minimum Gasteiger partial charge on any atom is -0.0616 e. The highest BCUT2D eigenvalue weighted by molar-refractivity contribution is 6.42. The summed E-state index contributed by atoms with van der Waals surface area (Å²) in [5, 5.41) is 28.3. The van der Waals surface area contributed by atoms with E-state index in [1.54, 1.807) is 0 Å². The third-order valence-electron chi connectivity index (χ3n) is 9.39. The maximum absolute atomic E-state index is 2.45. The summed E-state index contributed by atoms with van der Waals surface area (Å²) in [4.78, 5) is 0. The van der Waals surface area contributed by atoms with Crippen LogP contribution < -0.4 is 0 Å². The van der Waals surface area contributed by atoms with E-state index >= 15 is 0 Å². The van der Waals surface area contributed by atoms with Gasteiger partial charge < -0.3 is 0 Å². The standard InChI is InChI=1S/C36H16/c1-2-6-18-17(5-1)21-9-25-26(10-22(18)21)30-14-34-33(13-29(25)30)35-15-31-27-11-23-19-7-3-4-8-20(19)24(23)12-28(27)32(31)16-36(34)35/h1-16H. The lowest BCUT2D eigenvalue weighted by molar-refractivity contribution is 1.80. The first kappa shape index (κ1) is 16.9. The van der Waals surface area contributed by atoms with Crippen molar-refractivity contribution >= 4 is 108 Å². The van der Waals surface area contributed by atoms with Crippen molar-refractivity contribution in [3.05, 3.63) is 97.1 Å². The zero-order chi connectivity index (χ0) is 22.9. The van der Waals surface area contributed by atoms with Gasteiger partial charge in [-0.05, 0) is 156 Å². The second-order valence-electron chi connectivity index (χ2n) is 10.9. The topological polar surface area (TPSA) is 0 Å². The molecule has 11 aromatic rings. The Morgan fingerprint density at radius 3 is 0.472 bits per heavy atom. The Kier molecular flexibility index (Phi) is 2.40. The monoisotopic (exact) mass is 448 g/mol. The maximum atomic E-state index is 2.45. The summed E-state index contributed by atoms with van der Waals surface area (Å²) >= 11 is 0. The molecule has 0 bridgehead atoms. The SMILES string of the molecule is c1ccc2c(c1)c1cc3c(cc21)c1cc2c(cc31)c1cc3c4cc5c6ccccc6c5cc4c3cc21. The molecule has 11 rings (SSSR count). The van der Waals surface area contributed by atoms with Crippen LogP contribution in [0.25, 0.3) is 108 Å². The second kappa shape index (κ2) is 5.12. The molecule has 36 heavy (non-hydrogen) atoms. The van der Waals surface area contributed by atoms with Gasteiger partial charge >= 0.3 is 0 Å². The summed E-state index contributed by atoms with van der Waals surface area (Å²) in [6, 6.07) is 37.1. The van der Waals surface area contributed by atoms with Crippen molar-refractivity contribution in [2.24, 2.45) is 0 Å². The molecule has 0 heterocycles. The van der Waals surface area contributed by atoms with Gasteiger partial charge in [-0.1, -0.05) is 48.5 Å². The third kappa shape index (κ3) is 1.60. The molecule has 0 saturated heterocycles. The largest absolute Gasteiger partial charge is 0.0616 e. The van der Waals surface area contributed by atoms with Gasteiger partial charge in [0.15, 0.2) is 0 Å². The average molecular weight is 449 g/mol. The summed E-state index contributed by atoms with van der Waals surface area (Å²) in [5.74, 6) is 0. The molecule has 0 heteroatoms. The predicted molar refractivity (Wildman–Crippen MR) is 157 cm³/mol. The Morgan fingerprint density at radius 1 is 0.167 bits per heavy atom. The van der Waals surface area contributed by atoms with Crippen molar-refractivity contribution < 1.29 is 0 Å². The van der Waals surface area contributed by atoms with Crippen LogP contribution in [-0.2, 0) is 0 Å². The highest BCUT2D eigenvalue weighted by Gasteiger charge is 2.22. The molecule has 0 atom stereocenters. The minimum atomic E-state index is 1.40. The molecule has 0 saturated carbocycles. The number of rotatable bonds is 0. The summed E-state index contributed by atoms with van der Waals surface area (Å²) in [7, 11) is 0. The minimum absolute atomic E-state index is 1.40. The number of hydrogen-bond donors (Lipinski definition) is 0. The van der Waals surface area contributed by atoms with Crippen LogP contribution in [0.3, 0.4) is 0 Å². The first-order valence-corrected chi connectivity index (χ1v) is 12.8. The van der Waals surface area contributed by atoms with E-state index in [0.717, 1.165) is 0 Å². The van der Waals surface area contributed by atoms with Crippen molar-refractivity contribution in [1.29, 1.82) is 0 Å². The van der Waals surface area contributed by atoms with E-state index in [2.05, 4.69) is 97.1 Å². The summed E-state index contributed by atoms with van der Waals surface area (Å²) < 4.78 is 0. The summed E-state index contributed by atoms with van der Waals surface area (Å²) in [6.45, 7) is 0. The van der Waals surface area contributed by atoms with Crippen molar-refractivity contribution in [1.82, 2.24) is 0 Å². The highest BCUT2D eigenvalue weighted by atomic mass is 14.2. The lowest BCUT2D eigenvalue weighted by atomic mass is 9.80. The van der Waals surface area contributed by atoms with Crippen LogP contribution in [0.1, 0.15) is 0 Å². The van der Waals surface area contributed by atoms with Crippen molar-refractivity contribution in [3.63, 3.8) is 0 Å². The van der Waals surface area contributed by atoms with E-state index in [0.29, 0.717) is 0 Å². The van der Waals surface area contributed by atoms with Gasteiger partial charge in [-0.3, -0.25) is 0 Å². The average Bonchev–Trinajstić information content (AvgIpc) is 2.89. The van der Waals surface area contributed by atoms with Gasteiger partial charge in [0.05, 0.1) is 0 Å². The molecule has 0 aromatic heterocycles. The Labute approximate surface area is 204 Å². The predicted octanol–water partition coefficient (Wildman–Crippen LogP) is 10.4. The second-order valence-corrected chi connectivity index (χ2v) is 10.9. The fraction of sp³-hybridized carbons (Fsp3) is 0. The van der Waals surface area contributed by atoms with E-state index in [9.17, 15) is 0 Å². The van der Waals surface area contributed by atoms with E-state index in [1.165, 1.54) is 108 Å². The van der Waals surface area contributed by atoms with Crippen LogP contribution in [0, 0.1) is 0 Å². The molecule has 0 N–H and O–H groups in total. The molecule has 0 radical (unpaired) electrons. The quantitative estimate of drug-likeness (QED) is 0.216. The Hall–Kier alpha value is -4.68. The van der Waals surface area contributed by atoms with Crippen LogP contribution in [0.4, 0.5) is 0 Å². The van der Waals surface area contributed by atoms with Gasteiger partial charge in [0.2, 0.25) is 0 Å². The van der Waals surface area contributed by atoms with Gasteiger partial charge in [0.25, 0.3) is 0 Å². The molecule has 0 aliphatic carbocycles. The van der Waals surface area contributed by atoms with Crippen LogP contribution in [0.5, 0.6) is 0 Å². The zero-order valence-electron chi connectivity index (χ0n) is 19.2. The first-order chi connectivity index (χ1) is 17.8. The van der Waals surface area contributed by atoms with Crippen molar-refractivity contribution in [2.45, 2.75) is 0 Å². The van der Waals surface area contributed by atoms with Crippen molar-refractivity contribution in [2.75, 3.05) is 0 Å². The zero-order valence-corrected chi connectivity index (χ0v) is 19.2. The van der Waals surface area contributed by atoms with E-state index in [-0.39, 0.29) is 0 Å². The number of fused-ring (bicyclic) bond motifs is 20. The fourth-order valence-electron chi connectivity index (χ4n) is 7.56. The molecule has 160 valence electrons. The molecular weight excluding hydrogens is 432 g/mol. The molecule has 0 nitrogen and oxygen atoms in total. The Morgan fingerprint density at radius 2 is 0.306 bits per heavy atom. The van der Waals surface area contributed by atoms with Gasteiger partial charge in [0, 0.05) is 0 Å². The molecule has 0 aliphatic rings. The van der Waals surface area contributed by atoms with E-state index < -0.39 is 0 Å². The molecule has 0 spiro atoms. The number of benzene rings is 6. The van der Waals surface area contributed by atoms with E-state index in [4.69, 9.17) is 0 Å². The maximum Gasteiger partial charge on any atom is -0.00921 e. The Bertz CT molecular complexity index is 2280. The number of hydrogen-bond acceptors (Lipinski definition) is 0. The smallest absolute Gasteiger partial charge is 0.00921 e. The lowest BCUT2D eigenvalue weighted by Gasteiger charge is -2.22. The van der Waals surface area contributed by atoms with Gasteiger partial charge in [0.1, 0.15) is 0 Å². The van der Waals surface area contributed by atoms with Crippen LogP contribution in [-0.4, -0.2) is 0 Å². The van der Waals surface area contributed by atoms with Crippen LogP contribution >= 0.6 is 0 Å². The van der Waals surface area contributed by atoms with E-state index in [1.807, 2.05) is 0 Å². The summed E-state index contributed by atoms with van der Waals surface area (Å²) in [5.41, 5.74) is 0. The molecule has 0 amide bonds. The van der Waals surface area contributed by atoms with Crippen LogP contribution in [0.2, 0.25) is 0 Å². The molecule has 11 aromatic carbocycles. The van der Waals surface area contributed by atoms with Gasteiger partial charge in [-0.2, -0.15) is 0 Å². The fourth-order valence-corrected chi connectivity index (χ4v) is 7.56. The molecule has 0 fully saturated rings. The Balaban J connectivity index is 1.19. The lowest BCUT2D eigenvalue weighted by Crippen LogP contribution is -1.94. The van der Waals surface area contributed by atoms with Gasteiger partial charge in [-0.25, -0.2) is 0 Å². The molecular formula is C36H16. The highest BCUT2D eigenvalue weighted by Crippen LogP contribution is 2.50. The van der Waals surface area contributed by atoms with Gasteiger partial charge in [-0.15, -0.1) is 0 Å². The van der Waals surface area contributed by atoms with Crippen LogP contribution in [0.15, 0.2) is 97.1 Å². The van der Waals surface area contributed by atoms with Crippen molar-refractivity contribution in [3.8, 4) is 0 Å².